The molecule has 0 aromatic heterocycles. The molecule has 114 valence electrons. The highest BCUT2D eigenvalue weighted by Crippen LogP contribution is 2.29. The minimum Gasteiger partial charge on any atom is -0.380 e. The summed E-state index contributed by atoms with van der Waals surface area (Å²) in [7, 11) is 0. The van der Waals surface area contributed by atoms with Crippen LogP contribution in [0.4, 0.5) is 0 Å². The zero-order valence-electron chi connectivity index (χ0n) is 11.7. The molecule has 21 heavy (non-hydrogen) atoms. The topological polar surface area (TPSA) is 78.4 Å². The van der Waals surface area contributed by atoms with Crippen molar-refractivity contribution in [3.05, 3.63) is 34.9 Å². The van der Waals surface area contributed by atoms with E-state index in [1.165, 1.54) is 0 Å². The van der Waals surface area contributed by atoms with Gasteiger partial charge in [-0.15, -0.1) is 0 Å². The summed E-state index contributed by atoms with van der Waals surface area (Å²) in [6.07, 6.45) is 2.76. The van der Waals surface area contributed by atoms with Gasteiger partial charge in [0.1, 0.15) is 5.60 Å². The Kier molecular flexibility index (Phi) is 5.20. The fourth-order valence-electron chi connectivity index (χ4n) is 2.41. The fourth-order valence-corrected chi connectivity index (χ4v) is 2.53. The van der Waals surface area contributed by atoms with Crippen molar-refractivity contribution in [3.63, 3.8) is 0 Å². The third-order valence-electron chi connectivity index (χ3n) is 3.66. The van der Waals surface area contributed by atoms with E-state index in [4.69, 9.17) is 11.6 Å². The molecule has 1 aromatic rings. The maximum atomic E-state index is 11.8. The summed E-state index contributed by atoms with van der Waals surface area (Å²) in [6.45, 7) is 0.601. The Bertz CT molecular complexity index is 510. The zero-order valence-corrected chi connectivity index (χ0v) is 12.4. The van der Waals surface area contributed by atoms with Crippen molar-refractivity contribution in [2.24, 2.45) is 0 Å². The van der Waals surface area contributed by atoms with Gasteiger partial charge in [-0.1, -0.05) is 11.6 Å². The van der Waals surface area contributed by atoms with Crippen molar-refractivity contribution in [2.45, 2.75) is 31.3 Å². The zero-order chi connectivity index (χ0) is 15.3. The Morgan fingerprint density at radius 1 is 1.10 bits per heavy atom. The second-order valence-corrected chi connectivity index (χ2v) is 5.69. The number of hydrogen-bond acceptors (Lipinski definition) is 3. The molecule has 0 atom stereocenters. The predicted molar refractivity (Wildman–Crippen MR) is 80.2 cm³/mol. The largest absolute Gasteiger partial charge is 0.380 e. The van der Waals surface area contributed by atoms with Crippen LogP contribution in [0.3, 0.4) is 0 Å². The van der Waals surface area contributed by atoms with E-state index in [2.05, 4.69) is 10.6 Å². The van der Waals surface area contributed by atoms with Crippen LogP contribution in [0.2, 0.25) is 5.02 Å². The van der Waals surface area contributed by atoms with Gasteiger partial charge in [-0.2, -0.15) is 0 Å². The highest BCUT2D eigenvalue weighted by atomic mass is 35.5. The Morgan fingerprint density at radius 3 is 2.29 bits per heavy atom. The number of benzene rings is 1. The summed E-state index contributed by atoms with van der Waals surface area (Å²) < 4.78 is 0. The standard InChI is InChI=1S/C15H19ClN2O3/c16-12-5-3-11(4-6-12)13(19)17-9-10-18-14(20)15(21)7-1-2-8-15/h3-6,21H,1-2,7-10H2,(H,17,19)(H,18,20). The summed E-state index contributed by atoms with van der Waals surface area (Å²) in [5, 5.41) is 16.0. The van der Waals surface area contributed by atoms with Gasteiger partial charge in [0.2, 0.25) is 0 Å². The van der Waals surface area contributed by atoms with Gasteiger partial charge in [0, 0.05) is 23.7 Å². The van der Waals surface area contributed by atoms with E-state index in [0.29, 0.717) is 36.5 Å². The van der Waals surface area contributed by atoms with Crippen molar-refractivity contribution in [1.82, 2.24) is 10.6 Å². The van der Waals surface area contributed by atoms with Crippen LogP contribution in [-0.2, 0) is 4.79 Å². The second kappa shape index (κ2) is 6.91. The normalized spacial score (nSPS) is 16.5. The first-order chi connectivity index (χ1) is 10.0. The second-order valence-electron chi connectivity index (χ2n) is 5.26. The first-order valence-corrected chi connectivity index (χ1v) is 7.43. The molecular weight excluding hydrogens is 292 g/mol. The molecule has 0 unspecified atom stereocenters. The first-order valence-electron chi connectivity index (χ1n) is 7.06. The van der Waals surface area contributed by atoms with Gasteiger partial charge in [0.05, 0.1) is 0 Å². The minimum absolute atomic E-state index is 0.222. The van der Waals surface area contributed by atoms with E-state index in [1.54, 1.807) is 24.3 Å². The Labute approximate surface area is 128 Å². The van der Waals surface area contributed by atoms with Gasteiger partial charge < -0.3 is 15.7 Å². The van der Waals surface area contributed by atoms with Crippen LogP contribution in [0.5, 0.6) is 0 Å². The number of amides is 2. The predicted octanol–water partition coefficient (Wildman–Crippen LogP) is 1.49. The van der Waals surface area contributed by atoms with Gasteiger partial charge in [0.15, 0.2) is 0 Å². The Morgan fingerprint density at radius 2 is 1.67 bits per heavy atom. The Balaban J connectivity index is 1.71. The first kappa shape index (κ1) is 15.8. The van der Waals surface area contributed by atoms with Crippen molar-refractivity contribution >= 4 is 23.4 Å². The molecule has 2 rings (SSSR count). The van der Waals surface area contributed by atoms with Gasteiger partial charge in [-0.25, -0.2) is 0 Å². The molecular formula is C15H19ClN2O3. The molecule has 0 aliphatic heterocycles. The summed E-state index contributed by atoms with van der Waals surface area (Å²) in [4.78, 5) is 23.6. The maximum Gasteiger partial charge on any atom is 0.252 e. The van der Waals surface area contributed by atoms with Crippen LogP contribution in [0.25, 0.3) is 0 Å². The number of carbonyl (C=O) groups is 2. The molecule has 6 heteroatoms. The number of rotatable bonds is 5. The van der Waals surface area contributed by atoms with Crippen LogP contribution in [0.1, 0.15) is 36.0 Å². The SMILES string of the molecule is O=C(NCCNC(=O)C1(O)CCCC1)c1ccc(Cl)cc1. The number of halogens is 1. The summed E-state index contributed by atoms with van der Waals surface area (Å²) in [5.41, 5.74) is -0.708. The van der Waals surface area contributed by atoms with Crippen molar-refractivity contribution < 1.29 is 14.7 Å². The smallest absolute Gasteiger partial charge is 0.252 e. The average Bonchev–Trinajstić information content (AvgIpc) is 2.92. The molecule has 1 fully saturated rings. The molecule has 2 amide bonds. The van der Waals surface area contributed by atoms with Crippen molar-refractivity contribution in [1.29, 1.82) is 0 Å². The highest BCUT2D eigenvalue weighted by molar-refractivity contribution is 6.30. The third kappa shape index (κ3) is 4.19. The monoisotopic (exact) mass is 310 g/mol. The minimum atomic E-state index is -1.22. The molecule has 0 saturated heterocycles. The quantitative estimate of drug-likeness (QED) is 0.721. The number of nitrogens with one attached hydrogen (secondary N) is 2. The van der Waals surface area contributed by atoms with Crippen LogP contribution in [0, 0.1) is 0 Å². The molecule has 0 spiro atoms. The van der Waals surface area contributed by atoms with E-state index in [0.717, 1.165) is 12.8 Å². The summed E-state index contributed by atoms with van der Waals surface area (Å²) in [5.74, 6) is -0.568. The number of hydrogen-bond donors (Lipinski definition) is 3. The Hall–Kier alpha value is -1.59. The lowest BCUT2D eigenvalue weighted by molar-refractivity contribution is -0.139. The molecule has 1 saturated carbocycles. The van der Waals surface area contributed by atoms with Gasteiger partial charge in [-0.05, 0) is 49.9 Å². The molecule has 0 bridgehead atoms. The summed E-state index contributed by atoms with van der Waals surface area (Å²) in [6, 6.07) is 6.57. The average molecular weight is 311 g/mol. The molecule has 0 heterocycles. The van der Waals surface area contributed by atoms with Gasteiger partial charge >= 0.3 is 0 Å². The van der Waals surface area contributed by atoms with E-state index in [-0.39, 0.29) is 11.8 Å². The fraction of sp³-hybridized carbons (Fsp3) is 0.467. The van der Waals surface area contributed by atoms with E-state index >= 15 is 0 Å². The molecule has 3 N–H and O–H groups in total. The van der Waals surface area contributed by atoms with Gasteiger partial charge in [-0.3, -0.25) is 9.59 Å². The van der Waals surface area contributed by atoms with Crippen molar-refractivity contribution in [2.75, 3.05) is 13.1 Å². The molecule has 1 aromatic carbocycles. The van der Waals surface area contributed by atoms with E-state index < -0.39 is 5.60 Å². The van der Waals surface area contributed by atoms with Crippen LogP contribution >= 0.6 is 11.6 Å². The van der Waals surface area contributed by atoms with Gasteiger partial charge in [0.25, 0.3) is 11.8 Å². The number of carbonyl (C=O) groups excluding carboxylic acids is 2. The third-order valence-corrected chi connectivity index (χ3v) is 3.91. The van der Waals surface area contributed by atoms with E-state index in [9.17, 15) is 14.7 Å². The molecule has 1 aliphatic rings. The molecule has 5 nitrogen and oxygen atoms in total. The van der Waals surface area contributed by atoms with Crippen molar-refractivity contribution in [3.8, 4) is 0 Å². The lowest BCUT2D eigenvalue weighted by atomic mass is 10.0. The lowest BCUT2D eigenvalue weighted by Crippen LogP contribution is -2.46. The van der Waals surface area contributed by atoms with Crippen LogP contribution in [0.15, 0.2) is 24.3 Å². The lowest BCUT2D eigenvalue weighted by Gasteiger charge is -2.20. The summed E-state index contributed by atoms with van der Waals surface area (Å²) >= 11 is 5.75. The molecule has 0 radical (unpaired) electrons. The van der Waals surface area contributed by atoms with E-state index in [1.807, 2.05) is 0 Å². The maximum absolute atomic E-state index is 11.8. The van der Waals surface area contributed by atoms with Crippen LogP contribution < -0.4 is 10.6 Å². The highest BCUT2D eigenvalue weighted by Gasteiger charge is 2.38. The number of aliphatic hydroxyl groups is 1. The molecule has 1 aliphatic carbocycles. The van der Waals surface area contributed by atoms with Crippen LogP contribution in [-0.4, -0.2) is 35.6 Å².